The zero-order valence-electron chi connectivity index (χ0n) is 15.4. The molecule has 1 atom stereocenters. The van der Waals surface area contributed by atoms with Crippen molar-refractivity contribution in [2.24, 2.45) is 0 Å². The molecule has 0 unspecified atom stereocenters. The lowest BCUT2D eigenvalue weighted by Gasteiger charge is -2.27. The Bertz CT molecular complexity index is 1110. The van der Waals surface area contributed by atoms with E-state index >= 15 is 0 Å². The van der Waals surface area contributed by atoms with E-state index in [0.29, 0.717) is 6.04 Å². The number of aryl methyl sites for hydroxylation is 2. The topological polar surface area (TPSA) is 53.6 Å². The van der Waals surface area contributed by atoms with Crippen LogP contribution in [0.5, 0.6) is 0 Å². The van der Waals surface area contributed by atoms with Gasteiger partial charge in [0.25, 0.3) is 0 Å². The number of hydrogen-bond acceptors (Lipinski definition) is 3. The lowest BCUT2D eigenvalue weighted by molar-refractivity contribution is 0.598. The number of anilines is 1. The maximum Gasteiger partial charge on any atom is 0.130 e. The summed E-state index contributed by atoms with van der Waals surface area (Å²) in [7, 11) is 0. The van der Waals surface area contributed by atoms with Gasteiger partial charge in [0.15, 0.2) is 0 Å². The first-order valence-corrected chi connectivity index (χ1v) is 9.54. The number of rotatable bonds is 3. The van der Waals surface area contributed by atoms with Gasteiger partial charge in [-0.05, 0) is 54.8 Å². The standard InChI is InChI=1S/C23H22N4/c1-15-25-22(18-10-9-17-11-12-24-21(17)13-18)14-23(26-15)27-20-8-4-6-16-5-2-3-7-19(16)20/h2-3,5,7,9-14,20,24H,4,6,8H2,1H3,(H,25,26,27)/t20-/m1/s1. The van der Waals surface area contributed by atoms with Crippen LogP contribution in [0.15, 0.2) is 60.8 Å². The van der Waals surface area contributed by atoms with Crippen molar-refractivity contribution in [3.63, 3.8) is 0 Å². The average molecular weight is 354 g/mol. The molecule has 2 aromatic carbocycles. The molecule has 4 aromatic rings. The molecule has 1 aliphatic carbocycles. The van der Waals surface area contributed by atoms with Crippen molar-refractivity contribution in [1.29, 1.82) is 0 Å². The minimum absolute atomic E-state index is 0.308. The summed E-state index contributed by atoms with van der Waals surface area (Å²) in [6.07, 6.45) is 5.46. The highest BCUT2D eigenvalue weighted by molar-refractivity contribution is 5.84. The Hall–Kier alpha value is -3.14. The van der Waals surface area contributed by atoms with E-state index in [-0.39, 0.29) is 0 Å². The Kier molecular flexibility index (Phi) is 3.89. The number of nitrogens with zero attached hydrogens (tertiary/aromatic N) is 2. The molecule has 27 heavy (non-hydrogen) atoms. The predicted molar refractivity (Wildman–Crippen MR) is 110 cm³/mol. The van der Waals surface area contributed by atoms with Gasteiger partial charge in [0, 0.05) is 23.3 Å². The summed E-state index contributed by atoms with van der Waals surface area (Å²) in [4.78, 5) is 12.6. The van der Waals surface area contributed by atoms with Gasteiger partial charge in [-0.2, -0.15) is 0 Å². The number of hydrogen-bond donors (Lipinski definition) is 2. The average Bonchev–Trinajstić information content (AvgIpc) is 3.16. The van der Waals surface area contributed by atoms with Gasteiger partial charge < -0.3 is 10.3 Å². The van der Waals surface area contributed by atoms with E-state index < -0.39 is 0 Å². The van der Waals surface area contributed by atoms with E-state index in [9.17, 15) is 0 Å². The smallest absolute Gasteiger partial charge is 0.130 e. The van der Waals surface area contributed by atoms with Gasteiger partial charge in [-0.15, -0.1) is 0 Å². The summed E-state index contributed by atoms with van der Waals surface area (Å²) in [5, 5.41) is 4.87. The Morgan fingerprint density at radius 2 is 1.96 bits per heavy atom. The molecular formula is C23H22N4. The van der Waals surface area contributed by atoms with Gasteiger partial charge >= 0.3 is 0 Å². The second-order valence-electron chi connectivity index (χ2n) is 7.25. The molecule has 134 valence electrons. The Labute approximate surface area is 158 Å². The molecule has 1 aliphatic rings. The van der Waals surface area contributed by atoms with Crippen LogP contribution in [0.1, 0.15) is 35.8 Å². The van der Waals surface area contributed by atoms with Crippen LogP contribution >= 0.6 is 0 Å². The summed E-state index contributed by atoms with van der Waals surface area (Å²) < 4.78 is 0. The highest BCUT2D eigenvalue weighted by Crippen LogP contribution is 2.33. The Morgan fingerprint density at radius 1 is 1.04 bits per heavy atom. The maximum atomic E-state index is 4.67. The van der Waals surface area contributed by atoms with E-state index in [1.807, 2.05) is 13.1 Å². The molecule has 0 saturated heterocycles. The monoisotopic (exact) mass is 354 g/mol. The van der Waals surface area contributed by atoms with Crippen LogP contribution in [0.25, 0.3) is 22.2 Å². The van der Waals surface area contributed by atoms with Crippen LogP contribution in [0.4, 0.5) is 5.82 Å². The van der Waals surface area contributed by atoms with Crippen LogP contribution in [0, 0.1) is 6.92 Å². The lowest BCUT2D eigenvalue weighted by atomic mass is 9.88. The van der Waals surface area contributed by atoms with Crippen molar-refractivity contribution in [3.05, 3.63) is 77.7 Å². The lowest BCUT2D eigenvalue weighted by Crippen LogP contribution is -2.18. The number of benzene rings is 2. The molecule has 0 spiro atoms. The highest BCUT2D eigenvalue weighted by atomic mass is 15.0. The summed E-state index contributed by atoms with van der Waals surface area (Å²) >= 11 is 0. The van der Waals surface area contributed by atoms with Crippen molar-refractivity contribution >= 4 is 16.7 Å². The van der Waals surface area contributed by atoms with Gasteiger partial charge in [-0.3, -0.25) is 0 Å². The van der Waals surface area contributed by atoms with Gasteiger partial charge in [0.2, 0.25) is 0 Å². The molecular weight excluding hydrogens is 332 g/mol. The fourth-order valence-electron chi connectivity index (χ4n) is 4.08. The summed E-state index contributed by atoms with van der Waals surface area (Å²) in [5.41, 5.74) is 6.02. The van der Waals surface area contributed by atoms with Gasteiger partial charge in [0.05, 0.1) is 11.7 Å². The fraction of sp³-hybridized carbons (Fsp3) is 0.217. The Balaban J connectivity index is 1.49. The van der Waals surface area contributed by atoms with Crippen molar-refractivity contribution in [2.45, 2.75) is 32.2 Å². The summed E-state index contributed by atoms with van der Waals surface area (Å²) in [6, 6.07) is 19.6. The molecule has 4 heteroatoms. The van der Waals surface area contributed by atoms with E-state index in [1.54, 1.807) is 0 Å². The molecule has 2 aromatic heterocycles. The molecule has 0 amide bonds. The van der Waals surface area contributed by atoms with Crippen LogP contribution in [-0.4, -0.2) is 15.0 Å². The first kappa shape index (κ1) is 16.1. The van der Waals surface area contributed by atoms with E-state index in [2.05, 4.69) is 74.9 Å². The number of H-pyrrole nitrogens is 1. The number of aromatic nitrogens is 3. The zero-order valence-corrected chi connectivity index (χ0v) is 15.4. The third-order valence-corrected chi connectivity index (χ3v) is 5.38. The van der Waals surface area contributed by atoms with Crippen molar-refractivity contribution in [3.8, 4) is 11.3 Å². The van der Waals surface area contributed by atoms with E-state index in [1.165, 1.54) is 29.4 Å². The fourth-order valence-corrected chi connectivity index (χ4v) is 4.08. The molecule has 0 radical (unpaired) electrons. The van der Waals surface area contributed by atoms with Crippen LogP contribution < -0.4 is 5.32 Å². The molecule has 2 heterocycles. The second kappa shape index (κ2) is 6.54. The van der Waals surface area contributed by atoms with E-state index in [0.717, 1.165) is 34.8 Å². The third kappa shape index (κ3) is 3.08. The second-order valence-corrected chi connectivity index (χ2v) is 7.25. The predicted octanol–water partition coefficient (Wildman–Crippen LogP) is 5.42. The molecule has 0 bridgehead atoms. The summed E-state index contributed by atoms with van der Waals surface area (Å²) in [5.74, 6) is 1.68. The van der Waals surface area contributed by atoms with Gasteiger partial charge in [0.1, 0.15) is 11.6 Å². The minimum Gasteiger partial charge on any atom is -0.363 e. The Morgan fingerprint density at radius 3 is 2.93 bits per heavy atom. The van der Waals surface area contributed by atoms with Gasteiger partial charge in [-0.1, -0.05) is 36.4 Å². The van der Waals surface area contributed by atoms with Crippen LogP contribution in [-0.2, 0) is 6.42 Å². The number of aromatic amines is 1. The SMILES string of the molecule is Cc1nc(N[C@@H]2CCCc3ccccc32)cc(-c2ccc3cc[nH]c3c2)n1. The maximum absolute atomic E-state index is 4.67. The summed E-state index contributed by atoms with van der Waals surface area (Å²) in [6.45, 7) is 1.96. The molecule has 5 rings (SSSR count). The number of fused-ring (bicyclic) bond motifs is 2. The first-order chi connectivity index (χ1) is 13.3. The van der Waals surface area contributed by atoms with Crippen molar-refractivity contribution in [2.75, 3.05) is 5.32 Å². The largest absolute Gasteiger partial charge is 0.363 e. The van der Waals surface area contributed by atoms with Crippen molar-refractivity contribution < 1.29 is 0 Å². The quantitative estimate of drug-likeness (QED) is 0.516. The zero-order chi connectivity index (χ0) is 18.2. The van der Waals surface area contributed by atoms with E-state index in [4.69, 9.17) is 0 Å². The van der Waals surface area contributed by atoms with Crippen LogP contribution in [0.3, 0.4) is 0 Å². The van der Waals surface area contributed by atoms with Crippen molar-refractivity contribution in [1.82, 2.24) is 15.0 Å². The molecule has 0 fully saturated rings. The normalized spacial score (nSPS) is 16.3. The van der Waals surface area contributed by atoms with Crippen LogP contribution in [0.2, 0.25) is 0 Å². The molecule has 0 saturated carbocycles. The third-order valence-electron chi connectivity index (χ3n) is 5.38. The van der Waals surface area contributed by atoms with Gasteiger partial charge in [-0.25, -0.2) is 9.97 Å². The minimum atomic E-state index is 0.308. The first-order valence-electron chi connectivity index (χ1n) is 9.54. The highest BCUT2D eigenvalue weighted by Gasteiger charge is 2.20. The molecule has 4 nitrogen and oxygen atoms in total. The number of nitrogens with one attached hydrogen (secondary N) is 2. The molecule has 0 aliphatic heterocycles. The molecule has 2 N–H and O–H groups in total.